The van der Waals surface area contributed by atoms with Crippen molar-refractivity contribution in [3.05, 3.63) is 39.9 Å². The van der Waals surface area contributed by atoms with Gasteiger partial charge in [0.2, 0.25) is 0 Å². The second-order valence-electron chi connectivity index (χ2n) is 3.40. The lowest BCUT2D eigenvalue weighted by Crippen LogP contribution is -1.94. The lowest BCUT2D eigenvalue weighted by molar-refractivity contribution is -0.384. The van der Waals surface area contributed by atoms with Crippen molar-refractivity contribution in [3.63, 3.8) is 0 Å². The van der Waals surface area contributed by atoms with Crippen LogP contribution < -0.4 is 0 Å². The number of nitro benzene ring substituents is 1. The van der Waals surface area contributed by atoms with Crippen LogP contribution in [0.15, 0.2) is 29.0 Å². The average Bonchev–Trinajstić information content (AvgIpc) is 2.37. The monoisotopic (exact) mass is 302 g/mol. The summed E-state index contributed by atoms with van der Waals surface area (Å²) in [5, 5.41) is 10.5. The van der Waals surface area contributed by atoms with Gasteiger partial charge >= 0.3 is 6.64 Å². The maximum Gasteiger partial charge on any atom is 0.308 e. The normalized spacial score (nSPS) is 11.9. The third-order valence-electron chi connectivity index (χ3n) is 2.04. The molecule has 0 heterocycles. The first-order valence-electron chi connectivity index (χ1n) is 5.70. The van der Waals surface area contributed by atoms with Gasteiger partial charge in [0, 0.05) is 18.3 Å². The molecule has 0 bridgehead atoms. The molecule has 0 aliphatic heterocycles. The van der Waals surface area contributed by atoms with Gasteiger partial charge in [-0.15, -0.1) is 0 Å². The van der Waals surface area contributed by atoms with Gasteiger partial charge in [0.05, 0.1) is 18.1 Å². The smallest absolute Gasteiger partial charge is 0.308 e. The molecule has 0 atom stereocenters. The fourth-order valence-corrected chi connectivity index (χ4v) is 3.16. The molecule has 0 aromatic heterocycles. The molecular weight excluding hydrogens is 287 g/mol. The van der Waals surface area contributed by atoms with E-state index in [0.717, 1.165) is 0 Å². The summed E-state index contributed by atoms with van der Waals surface area (Å²) in [6, 6.07) is 6.01. The Morgan fingerprint density at radius 3 is 2.26 bits per heavy atom. The Labute approximate surface area is 116 Å². The summed E-state index contributed by atoms with van der Waals surface area (Å²) in [6.45, 7) is 1.85. The van der Waals surface area contributed by atoms with E-state index in [4.69, 9.17) is 20.9 Å². The quantitative estimate of drug-likeness (QED) is 0.334. The number of nitro groups is 1. The van der Waals surface area contributed by atoms with E-state index in [9.17, 15) is 10.1 Å². The van der Waals surface area contributed by atoms with Gasteiger partial charge in [-0.25, -0.2) is 4.76 Å². The van der Waals surface area contributed by atoms with Crippen LogP contribution in [0.1, 0.15) is 19.4 Å². The fraction of sp³-hybridized carbons (Fsp3) is 0.364. The van der Waals surface area contributed by atoms with Crippen molar-refractivity contribution in [3.8, 4) is 0 Å². The Morgan fingerprint density at radius 1 is 1.32 bits per heavy atom. The van der Waals surface area contributed by atoms with Crippen LogP contribution in [0.4, 0.5) is 5.69 Å². The Bertz CT molecular complexity index is 494. The Hall–Kier alpha value is -1.14. The van der Waals surface area contributed by atoms with Gasteiger partial charge in [-0.3, -0.25) is 10.1 Å². The zero-order valence-corrected chi connectivity index (χ0v) is 12.4. The zero-order chi connectivity index (χ0) is 14.3. The van der Waals surface area contributed by atoms with Crippen LogP contribution in [0.5, 0.6) is 0 Å². The van der Waals surface area contributed by atoms with Crippen molar-refractivity contribution in [1.29, 1.82) is 0 Å². The summed E-state index contributed by atoms with van der Waals surface area (Å²) in [5.41, 5.74) is 0.741. The van der Waals surface area contributed by atoms with Crippen molar-refractivity contribution in [1.82, 2.24) is 0 Å². The molecule has 1 rings (SSSR count). The van der Waals surface area contributed by atoms with E-state index in [-0.39, 0.29) is 5.69 Å². The molecule has 0 saturated carbocycles. The molecule has 0 unspecified atom stereocenters. The molecular formula is C11H15N2O4PS. The van der Waals surface area contributed by atoms with Gasteiger partial charge in [-0.2, -0.15) is 0 Å². The van der Waals surface area contributed by atoms with Crippen molar-refractivity contribution < 1.29 is 14.0 Å². The molecule has 0 fully saturated rings. The summed E-state index contributed by atoms with van der Waals surface area (Å²) in [5.74, 6) is 0. The van der Waals surface area contributed by atoms with Gasteiger partial charge in [0.15, 0.2) is 0 Å². The van der Waals surface area contributed by atoms with E-state index in [1.165, 1.54) is 18.3 Å². The first-order chi connectivity index (χ1) is 9.00. The molecule has 0 spiro atoms. The second kappa shape index (κ2) is 7.45. The molecule has 1 aromatic carbocycles. The first kappa shape index (κ1) is 15.9. The molecule has 6 nitrogen and oxygen atoms in total. The van der Waals surface area contributed by atoms with Gasteiger partial charge in [0.1, 0.15) is 0 Å². The van der Waals surface area contributed by atoms with Crippen LogP contribution in [0, 0.1) is 10.1 Å². The molecule has 1 aromatic rings. The fourth-order valence-electron chi connectivity index (χ4n) is 1.25. The van der Waals surface area contributed by atoms with Crippen molar-refractivity contribution in [2.24, 2.45) is 4.76 Å². The summed E-state index contributed by atoms with van der Waals surface area (Å²) in [4.78, 5) is 10.1. The molecule has 104 valence electrons. The highest BCUT2D eigenvalue weighted by molar-refractivity contribution is 8.09. The minimum Gasteiger partial charge on any atom is -0.313 e. The van der Waals surface area contributed by atoms with Crippen molar-refractivity contribution >= 4 is 30.4 Å². The largest absolute Gasteiger partial charge is 0.313 e. The number of hydrogen-bond acceptors (Lipinski definition) is 5. The van der Waals surface area contributed by atoms with Gasteiger partial charge < -0.3 is 9.05 Å². The molecule has 0 saturated heterocycles. The highest BCUT2D eigenvalue weighted by Gasteiger charge is 2.15. The Kier molecular flexibility index (Phi) is 6.24. The summed E-state index contributed by atoms with van der Waals surface area (Å²) < 4.78 is 14.9. The number of hydrogen-bond donors (Lipinski definition) is 0. The molecule has 0 N–H and O–H groups in total. The van der Waals surface area contributed by atoms with E-state index >= 15 is 0 Å². The van der Waals surface area contributed by atoms with E-state index in [2.05, 4.69) is 4.76 Å². The minimum atomic E-state index is -2.65. The summed E-state index contributed by atoms with van der Waals surface area (Å²) in [6.07, 6.45) is 1.52. The van der Waals surface area contributed by atoms with Gasteiger partial charge in [0.25, 0.3) is 5.69 Å². The number of non-ortho nitro benzene ring substituents is 1. The van der Waals surface area contributed by atoms with Crippen LogP contribution in [0.25, 0.3) is 0 Å². The van der Waals surface area contributed by atoms with Crippen LogP contribution in [0.3, 0.4) is 0 Å². The standard InChI is InChI=1S/C11H15N2O4PS/c1-3-16-18(19,17-4-2)12-9-10-5-7-11(8-6-10)13(14)15/h5-9H,3-4H2,1-2H3/b12-9+. The lowest BCUT2D eigenvalue weighted by Gasteiger charge is -2.15. The van der Waals surface area contributed by atoms with E-state index in [1.54, 1.807) is 12.1 Å². The minimum absolute atomic E-state index is 0.0335. The maximum atomic E-state index is 10.5. The maximum absolute atomic E-state index is 10.5. The third kappa shape index (κ3) is 5.16. The molecule has 0 aliphatic carbocycles. The van der Waals surface area contributed by atoms with E-state index in [0.29, 0.717) is 18.8 Å². The second-order valence-corrected chi connectivity index (χ2v) is 6.47. The third-order valence-corrected chi connectivity index (χ3v) is 4.52. The van der Waals surface area contributed by atoms with Crippen molar-refractivity contribution in [2.45, 2.75) is 13.8 Å². The molecule has 0 radical (unpaired) electrons. The zero-order valence-electron chi connectivity index (χ0n) is 10.7. The SMILES string of the molecule is CCOP(=S)(/N=C/c1ccc([N+](=O)[O-])cc1)OCC. The predicted octanol–water partition coefficient (Wildman–Crippen LogP) is 3.31. The predicted molar refractivity (Wildman–Crippen MR) is 78.2 cm³/mol. The Morgan fingerprint density at radius 2 is 1.84 bits per heavy atom. The van der Waals surface area contributed by atoms with Gasteiger partial charge in [-0.1, -0.05) is 0 Å². The highest BCUT2D eigenvalue weighted by atomic mass is 32.5. The number of benzene rings is 1. The van der Waals surface area contributed by atoms with E-state index in [1.807, 2.05) is 13.8 Å². The number of rotatable bonds is 7. The molecule has 19 heavy (non-hydrogen) atoms. The van der Waals surface area contributed by atoms with Crippen LogP contribution in [-0.2, 0) is 20.9 Å². The molecule has 0 amide bonds. The van der Waals surface area contributed by atoms with Crippen LogP contribution in [-0.4, -0.2) is 24.4 Å². The van der Waals surface area contributed by atoms with Crippen LogP contribution in [0.2, 0.25) is 0 Å². The molecule has 8 heteroatoms. The Balaban J connectivity index is 2.84. The lowest BCUT2D eigenvalue weighted by atomic mass is 10.2. The summed E-state index contributed by atoms with van der Waals surface area (Å²) in [7, 11) is 0. The summed E-state index contributed by atoms with van der Waals surface area (Å²) >= 11 is 5.23. The average molecular weight is 302 g/mol. The number of nitrogens with zero attached hydrogens (tertiary/aromatic N) is 2. The molecule has 0 aliphatic rings. The first-order valence-corrected chi connectivity index (χ1v) is 8.29. The topological polar surface area (TPSA) is 74.0 Å². The van der Waals surface area contributed by atoms with Gasteiger partial charge in [-0.05, 0) is 43.4 Å². The van der Waals surface area contributed by atoms with Crippen LogP contribution >= 0.6 is 6.64 Å². The highest BCUT2D eigenvalue weighted by Crippen LogP contribution is 2.49. The van der Waals surface area contributed by atoms with E-state index < -0.39 is 11.6 Å². The van der Waals surface area contributed by atoms with Crippen molar-refractivity contribution in [2.75, 3.05) is 13.2 Å².